The predicted octanol–water partition coefficient (Wildman–Crippen LogP) is 3.57. The third-order valence-electron chi connectivity index (χ3n) is 3.52. The van der Waals surface area contributed by atoms with E-state index in [-0.39, 0.29) is 0 Å². The summed E-state index contributed by atoms with van der Waals surface area (Å²) in [5.74, 6) is 6.11. The third-order valence-corrected chi connectivity index (χ3v) is 4.76. The molecular formula is C11H20S. The van der Waals surface area contributed by atoms with Crippen LogP contribution in [0.3, 0.4) is 0 Å². The highest BCUT2D eigenvalue weighted by Gasteiger charge is 2.31. The van der Waals surface area contributed by atoms with Crippen LogP contribution >= 0.6 is 11.8 Å². The third kappa shape index (κ3) is 1.99. The molecule has 0 bridgehead atoms. The van der Waals surface area contributed by atoms with Crippen molar-refractivity contribution in [2.75, 3.05) is 11.5 Å². The molecule has 12 heavy (non-hydrogen) atoms. The quantitative estimate of drug-likeness (QED) is 0.554. The van der Waals surface area contributed by atoms with E-state index in [9.17, 15) is 0 Å². The smallest absolute Gasteiger partial charge is 0.00364 e. The maximum absolute atomic E-state index is 2.44. The Bertz CT molecular complexity index is 128. The minimum absolute atomic E-state index is 1.03. The van der Waals surface area contributed by atoms with Crippen LogP contribution in [0.5, 0.6) is 0 Å². The number of fused-ring (bicyclic) bond motifs is 1. The molecule has 2 aliphatic rings. The van der Waals surface area contributed by atoms with Gasteiger partial charge in [0.1, 0.15) is 0 Å². The molecule has 2 rings (SSSR count). The van der Waals surface area contributed by atoms with Crippen LogP contribution in [-0.2, 0) is 0 Å². The highest BCUT2D eigenvalue weighted by Crippen LogP contribution is 2.41. The first kappa shape index (κ1) is 8.93. The second-order valence-corrected chi connectivity index (χ2v) is 5.82. The van der Waals surface area contributed by atoms with Crippen LogP contribution in [0.4, 0.5) is 0 Å². The van der Waals surface area contributed by atoms with Gasteiger partial charge in [-0.1, -0.05) is 19.8 Å². The van der Waals surface area contributed by atoms with Gasteiger partial charge in [0.25, 0.3) is 0 Å². The van der Waals surface area contributed by atoms with Crippen molar-refractivity contribution in [1.29, 1.82) is 0 Å². The lowest BCUT2D eigenvalue weighted by molar-refractivity contribution is 0.380. The first-order chi connectivity index (χ1) is 5.86. The van der Waals surface area contributed by atoms with Crippen LogP contribution in [0.25, 0.3) is 0 Å². The monoisotopic (exact) mass is 184 g/mol. The van der Waals surface area contributed by atoms with E-state index in [4.69, 9.17) is 0 Å². The second-order valence-electron chi connectivity index (χ2n) is 4.67. The molecule has 1 saturated heterocycles. The Morgan fingerprint density at radius 2 is 1.92 bits per heavy atom. The summed E-state index contributed by atoms with van der Waals surface area (Å²) in [5.41, 5.74) is 0. The number of thioether (sulfide) groups is 1. The van der Waals surface area contributed by atoms with Gasteiger partial charge in [0.2, 0.25) is 0 Å². The van der Waals surface area contributed by atoms with E-state index in [1.807, 2.05) is 0 Å². The van der Waals surface area contributed by atoms with Gasteiger partial charge in [0, 0.05) is 0 Å². The molecule has 1 heterocycles. The highest BCUT2D eigenvalue weighted by atomic mass is 32.2. The van der Waals surface area contributed by atoms with Crippen LogP contribution in [0.1, 0.15) is 39.0 Å². The van der Waals surface area contributed by atoms with E-state index in [0.717, 1.165) is 17.8 Å². The van der Waals surface area contributed by atoms with E-state index >= 15 is 0 Å². The SMILES string of the molecule is CC1CC2CCCCSCC2C1. The molecule has 3 atom stereocenters. The molecule has 3 unspecified atom stereocenters. The molecule has 0 amide bonds. The molecule has 0 radical (unpaired) electrons. The van der Waals surface area contributed by atoms with Gasteiger partial charge in [0.05, 0.1) is 0 Å². The zero-order chi connectivity index (χ0) is 8.39. The molecule has 0 aromatic heterocycles. The molecule has 1 saturated carbocycles. The zero-order valence-corrected chi connectivity index (χ0v) is 8.91. The Labute approximate surface area is 80.5 Å². The Morgan fingerprint density at radius 1 is 1.08 bits per heavy atom. The van der Waals surface area contributed by atoms with Crippen LogP contribution in [-0.4, -0.2) is 11.5 Å². The average molecular weight is 184 g/mol. The van der Waals surface area contributed by atoms with Gasteiger partial charge in [-0.2, -0.15) is 11.8 Å². The van der Waals surface area contributed by atoms with E-state index in [0.29, 0.717) is 0 Å². The maximum Gasteiger partial charge on any atom is -0.00364 e. The largest absolute Gasteiger partial charge is 0.162 e. The molecule has 0 spiro atoms. The Kier molecular flexibility index (Phi) is 3.00. The molecule has 1 aliphatic carbocycles. The number of hydrogen-bond acceptors (Lipinski definition) is 1. The van der Waals surface area contributed by atoms with Crippen LogP contribution in [0, 0.1) is 17.8 Å². The highest BCUT2D eigenvalue weighted by molar-refractivity contribution is 7.99. The summed E-state index contributed by atoms with van der Waals surface area (Å²) in [6.07, 6.45) is 7.57. The average Bonchev–Trinajstić information content (AvgIpc) is 2.32. The van der Waals surface area contributed by atoms with Crippen molar-refractivity contribution in [3.8, 4) is 0 Å². The van der Waals surface area contributed by atoms with Crippen molar-refractivity contribution >= 4 is 11.8 Å². The second kappa shape index (κ2) is 4.04. The predicted molar refractivity (Wildman–Crippen MR) is 56.6 cm³/mol. The van der Waals surface area contributed by atoms with E-state index in [1.165, 1.54) is 43.6 Å². The first-order valence-electron chi connectivity index (χ1n) is 5.44. The summed E-state index contributed by atoms with van der Waals surface area (Å²) in [6.45, 7) is 2.44. The Morgan fingerprint density at radius 3 is 2.83 bits per heavy atom. The summed E-state index contributed by atoms with van der Waals surface area (Å²) in [5, 5.41) is 0. The molecule has 0 nitrogen and oxygen atoms in total. The van der Waals surface area contributed by atoms with Crippen molar-refractivity contribution < 1.29 is 0 Å². The number of rotatable bonds is 0. The molecule has 1 aliphatic heterocycles. The lowest BCUT2D eigenvalue weighted by Crippen LogP contribution is -2.13. The number of hydrogen-bond donors (Lipinski definition) is 0. The van der Waals surface area contributed by atoms with Crippen molar-refractivity contribution in [3.05, 3.63) is 0 Å². The molecule has 1 heteroatoms. The lowest BCUT2D eigenvalue weighted by Gasteiger charge is -2.21. The minimum atomic E-state index is 1.03. The summed E-state index contributed by atoms with van der Waals surface area (Å²) >= 11 is 2.21. The van der Waals surface area contributed by atoms with Gasteiger partial charge in [-0.25, -0.2) is 0 Å². The maximum atomic E-state index is 2.44. The Hall–Kier alpha value is 0.350. The van der Waals surface area contributed by atoms with Gasteiger partial charge in [-0.05, 0) is 48.5 Å². The van der Waals surface area contributed by atoms with Crippen molar-refractivity contribution in [2.24, 2.45) is 17.8 Å². The fraction of sp³-hybridized carbons (Fsp3) is 1.00. The fourth-order valence-electron chi connectivity index (χ4n) is 2.92. The molecule has 0 N–H and O–H groups in total. The summed E-state index contributed by atoms with van der Waals surface area (Å²) in [6, 6.07) is 0. The van der Waals surface area contributed by atoms with E-state index in [2.05, 4.69) is 18.7 Å². The lowest BCUT2D eigenvalue weighted by atomic mass is 9.92. The van der Waals surface area contributed by atoms with Crippen LogP contribution < -0.4 is 0 Å². The van der Waals surface area contributed by atoms with Crippen LogP contribution in [0.2, 0.25) is 0 Å². The summed E-state index contributed by atoms with van der Waals surface area (Å²) in [4.78, 5) is 0. The van der Waals surface area contributed by atoms with E-state index in [1.54, 1.807) is 0 Å². The van der Waals surface area contributed by atoms with Gasteiger partial charge >= 0.3 is 0 Å². The molecular weight excluding hydrogens is 164 g/mol. The Balaban J connectivity index is 1.92. The molecule has 70 valence electrons. The van der Waals surface area contributed by atoms with Crippen molar-refractivity contribution in [1.82, 2.24) is 0 Å². The van der Waals surface area contributed by atoms with Gasteiger partial charge in [-0.15, -0.1) is 0 Å². The van der Waals surface area contributed by atoms with E-state index < -0.39 is 0 Å². The molecule has 2 fully saturated rings. The van der Waals surface area contributed by atoms with Crippen molar-refractivity contribution in [2.45, 2.75) is 39.0 Å². The fourth-order valence-corrected chi connectivity index (χ4v) is 4.20. The molecule has 0 aromatic carbocycles. The zero-order valence-electron chi connectivity index (χ0n) is 8.09. The minimum Gasteiger partial charge on any atom is -0.162 e. The normalized spacial score (nSPS) is 43.2. The topological polar surface area (TPSA) is 0 Å². The standard InChI is InChI=1S/C11H20S/c1-9-6-10-4-2-3-5-12-8-11(10)7-9/h9-11H,2-8H2,1H3. The van der Waals surface area contributed by atoms with Gasteiger partial charge in [0.15, 0.2) is 0 Å². The molecule has 0 aromatic rings. The van der Waals surface area contributed by atoms with Gasteiger partial charge in [-0.3, -0.25) is 0 Å². The van der Waals surface area contributed by atoms with Gasteiger partial charge < -0.3 is 0 Å². The summed E-state index contributed by atoms with van der Waals surface area (Å²) in [7, 11) is 0. The van der Waals surface area contributed by atoms with Crippen LogP contribution in [0.15, 0.2) is 0 Å². The van der Waals surface area contributed by atoms with Crippen molar-refractivity contribution in [3.63, 3.8) is 0 Å². The summed E-state index contributed by atoms with van der Waals surface area (Å²) < 4.78 is 0. The first-order valence-corrected chi connectivity index (χ1v) is 6.59.